The summed E-state index contributed by atoms with van der Waals surface area (Å²) in [4.78, 5) is 25.6. The summed E-state index contributed by atoms with van der Waals surface area (Å²) in [6, 6.07) is 2.32. The van der Waals surface area contributed by atoms with Crippen molar-refractivity contribution >= 4 is 28.9 Å². The van der Waals surface area contributed by atoms with Crippen LogP contribution in [0.25, 0.3) is 0 Å². The highest BCUT2D eigenvalue weighted by Gasteiger charge is 2.27. The number of aliphatic carboxylic acids is 1. The van der Waals surface area contributed by atoms with Gasteiger partial charge in [0, 0.05) is 11.9 Å². The Balaban J connectivity index is 2.35. The zero-order chi connectivity index (χ0) is 14.0. The molecular weight excluding hydrogens is 272 g/mol. The van der Waals surface area contributed by atoms with E-state index in [-0.39, 0.29) is 5.82 Å². The zero-order valence-corrected chi connectivity index (χ0v) is 10.6. The number of anilines is 1. The lowest BCUT2D eigenvalue weighted by Gasteiger charge is -2.13. The number of aromatic nitrogens is 2. The molecular formula is C10H10N4O4S. The van der Waals surface area contributed by atoms with Crippen molar-refractivity contribution in [1.82, 2.24) is 9.55 Å². The molecule has 100 valence electrons. The molecule has 0 amide bonds. The van der Waals surface area contributed by atoms with Gasteiger partial charge < -0.3 is 20.5 Å². The number of nitrogens with zero attached hydrogens (tertiary/aromatic N) is 3. The monoisotopic (exact) mass is 282 g/mol. The highest BCUT2D eigenvalue weighted by Crippen LogP contribution is 2.28. The number of thiophene rings is 1. The van der Waals surface area contributed by atoms with E-state index in [0.29, 0.717) is 4.88 Å². The number of carboxylic acids is 1. The summed E-state index contributed by atoms with van der Waals surface area (Å²) in [5, 5.41) is 24.4. The fraction of sp³-hybridized carbons (Fsp3) is 0.200. The minimum Gasteiger partial charge on any atom is -0.479 e. The van der Waals surface area contributed by atoms with Crippen LogP contribution in [0.4, 0.5) is 11.6 Å². The highest BCUT2D eigenvalue weighted by atomic mass is 32.1. The predicted octanol–water partition coefficient (Wildman–Crippen LogP) is 1.63. The molecule has 0 bridgehead atoms. The average molecular weight is 282 g/mol. The van der Waals surface area contributed by atoms with Crippen LogP contribution in [0.2, 0.25) is 0 Å². The summed E-state index contributed by atoms with van der Waals surface area (Å²) in [6.45, 7) is 0. The number of nitro groups is 1. The van der Waals surface area contributed by atoms with Crippen LogP contribution >= 0.6 is 11.3 Å². The molecule has 9 heteroatoms. The van der Waals surface area contributed by atoms with Crippen molar-refractivity contribution in [2.45, 2.75) is 6.04 Å². The van der Waals surface area contributed by atoms with E-state index >= 15 is 0 Å². The molecule has 0 aliphatic rings. The molecule has 2 aromatic rings. The maximum Gasteiger partial charge on any atom is 0.406 e. The maximum atomic E-state index is 11.3. The first-order valence-electron chi connectivity index (χ1n) is 5.19. The highest BCUT2D eigenvalue weighted by molar-refractivity contribution is 7.10. The van der Waals surface area contributed by atoms with Crippen molar-refractivity contribution < 1.29 is 14.8 Å². The standard InChI is InChI=1S/C10H10N4O4S/c1-13-5-11-8(14(17)18)9(13)12-7(10(15)16)6-3-2-4-19-6/h2-5,7,12H,1H3,(H,15,16). The third-order valence-corrected chi connectivity index (χ3v) is 3.38. The molecule has 1 unspecified atom stereocenters. The van der Waals surface area contributed by atoms with Gasteiger partial charge in [0.25, 0.3) is 0 Å². The number of hydrogen-bond acceptors (Lipinski definition) is 6. The molecule has 2 heterocycles. The van der Waals surface area contributed by atoms with Gasteiger partial charge in [0.05, 0.1) is 0 Å². The number of rotatable bonds is 5. The van der Waals surface area contributed by atoms with E-state index in [0.717, 1.165) is 0 Å². The summed E-state index contributed by atoms with van der Waals surface area (Å²) in [5.41, 5.74) is 0. The van der Waals surface area contributed by atoms with Gasteiger partial charge in [-0.05, 0) is 21.4 Å². The molecule has 0 spiro atoms. The number of hydrogen-bond donors (Lipinski definition) is 2. The minimum absolute atomic E-state index is 0.0609. The number of imidazole rings is 1. The molecule has 0 saturated carbocycles. The Kier molecular flexibility index (Phi) is 3.47. The summed E-state index contributed by atoms with van der Waals surface area (Å²) in [7, 11) is 1.55. The van der Waals surface area contributed by atoms with Gasteiger partial charge in [0.2, 0.25) is 12.1 Å². The molecule has 0 saturated heterocycles. The van der Waals surface area contributed by atoms with Crippen LogP contribution in [0.15, 0.2) is 23.8 Å². The Morgan fingerprint density at radius 1 is 1.68 bits per heavy atom. The van der Waals surface area contributed by atoms with Gasteiger partial charge in [-0.15, -0.1) is 11.3 Å². The second kappa shape index (κ2) is 5.06. The van der Waals surface area contributed by atoms with E-state index in [1.807, 2.05) is 0 Å². The van der Waals surface area contributed by atoms with Gasteiger partial charge in [-0.25, -0.2) is 4.79 Å². The van der Waals surface area contributed by atoms with E-state index < -0.39 is 22.8 Å². The first kappa shape index (κ1) is 13.0. The molecule has 0 aliphatic carbocycles. The Morgan fingerprint density at radius 2 is 2.42 bits per heavy atom. The Bertz CT molecular complexity index is 607. The summed E-state index contributed by atoms with van der Waals surface area (Å²) < 4.78 is 1.38. The van der Waals surface area contributed by atoms with Crippen LogP contribution in [0.5, 0.6) is 0 Å². The summed E-state index contributed by atoms with van der Waals surface area (Å²) >= 11 is 1.26. The van der Waals surface area contributed by atoms with Crippen molar-refractivity contribution in [3.05, 3.63) is 38.8 Å². The third kappa shape index (κ3) is 2.55. The molecule has 0 aliphatic heterocycles. The van der Waals surface area contributed by atoms with Gasteiger partial charge >= 0.3 is 11.8 Å². The number of nitrogens with one attached hydrogen (secondary N) is 1. The van der Waals surface area contributed by atoms with Crippen LogP contribution < -0.4 is 5.32 Å². The second-order valence-electron chi connectivity index (χ2n) is 3.72. The first-order valence-corrected chi connectivity index (χ1v) is 6.07. The molecule has 0 radical (unpaired) electrons. The van der Waals surface area contributed by atoms with Crippen molar-refractivity contribution in [2.24, 2.45) is 7.05 Å². The van der Waals surface area contributed by atoms with Gasteiger partial charge in [0.1, 0.15) is 0 Å². The smallest absolute Gasteiger partial charge is 0.406 e. The Morgan fingerprint density at radius 3 is 2.95 bits per heavy atom. The lowest BCUT2D eigenvalue weighted by Crippen LogP contribution is -2.21. The molecule has 1 atom stereocenters. The van der Waals surface area contributed by atoms with E-state index in [1.165, 1.54) is 22.2 Å². The number of carboxylic acid groups (broad SMARTS) is 1. The van der Waals surface area contributed by atoms with E-state index in [1.54, 1.807) is 24.6 Å². The fourth-order valence-electron chi connectivity index (χ4n) is 1.56. The maximum absolute atomic E-state index is 11.3. The number of aryl methyl sites for hydroxylation is 1. The normalized spacial score (nSPS) is 12.1. The van der Waals surface area contributed by atoms with Crippen molar-refractivity contribution in [3.63, 3.8) is 0 Å². The van der Waals surface area contributed by atoms with Gasteiger partial charge in [-0.1, -0.05) is 6.07 Å². The fourth-order valence-corrected chi connectivity index (χ4v) is 2.33. The first-order chi connectivity index (χ1) is 9.00. The van der Waals surface area contributed by atoms with Gasteiger partial charge in [0.15, 0.2) is 6.04 Å². The largest absolute Gasteiger partial charge is 0.479 e. The van der Waals surface area contributed by atoms with Crippen LogP contribution in [0, 0.1) is 10.1 Å². The molecule has 2 rings (SSSR count). The van der Waals surface area contributed by atoms with E-state index in [9.17, 15) is 20.0 Å². The molecule has 2 aromatic heterocycles. The van der Waals surface area contributed by atoms with Crippen molar-refractivity contribution in [1.29, 1.82) is 0 Å². The molecule has 19 heavy (non-hydrogen) atoms. The minimum atomic E-state index is -1.11. The summed E-state index contributed by atoms with van der Waals surface area (Å²) in [6.07, 6.45) is 1.26. The Hall–Kier alpha value is -2.42. The predicted molar refractivity (Wildman–Crippen MR) is 68.2 cm³/mol. The van der Waals surface area contributed by atoms with Gasteiger partial charge in [-0.2, -0.15) is 0 Å². The molecule has 2 N–H and O–H groups in total. The zero-order valence-electron chi connectivity index (χ0n) is 9.81. The Labute approximate surface area is 111 Å². The van der Waals surface area contributed by atoms with Gasteiger partial charge in [-0.3, -0.25) is 4.57 Å². The average Bonchev–Trinajstić information content (AvgIpc) is 2.95. The van der Waals surface area contributed by atoms with E-state index in [4.69, 9.17) is 0 Å². The topological polar surface area (TPSA) is 110 Å². The van der Waals surface area contributed by atoms with Crippen LogP contribution in [-0.4, -0.2) is 25.6 Å². The van der Waals surface area contributed by atoms with Crippen molar-refractivity contribution in [3.8, 4) is 0 Å². The third-order valence-electron chi connectivity index (χ3n) is 2.45. The summed E-state index contributed by atoms with van der Waals surface area (Å²) in [5.74, 6) is -1.45. The molecule has 0 fully saturated rings. The van der Waals surface area contributed by atoms with Crippen LogP contribution in [-0.2, 0) is 11.8 Å². The number of carbonyl (C=O) groups is 1. The van der Waals surface area contributed by atoms with E-state index in [2.05, 4.69) is 10.3 Å². The second-order valence-corrected chi connectivity index (χ2v) is 4.70. The quantitative estimate of drug-likeness (QED) is 0.637. The lowest BCUT2D eigenvalue weighted by molar-refractivity contribution is -0.388. The van der Waals surface area contributed by atoms with Crippen LogP contribution in [0.1, 0.15) is 10.9 Å². The SMILES string of the molecule is Cn1cnc([N+](=O)[O-])c1NC(C(=O)O)c1cccs1. The molecule has 0 aromatic carbocycles. The molecule has 8 nitrogen and oxygen atoms in total. The lowest BCUT2D eigenvalue weighted by atomic mass is 10.2. The van der Waals surface area contributed by atoms with Crippen molar-refractivity contribution in [2.75, 3.05) is 5.32 Å². The van der Waals surface area contributed by atoms with Crippen LogP contribution in [0.3, 0.4) is 0 Å².